The van der Waals surface area contributed by atoms with Crippen molar-refractivity contribution < 1.29 is 4.79 Å². The molecule has 0 heterocycles. The second-order valence-corrected chi connectivity index (χ2v) is 11.6. The van der Waals surface area contributed by atoms with E-state index in [9.17, 15) is 4.79 Å². The molecule has 3 aromatic rings. The Balaban J connectivity index is 1.48. The molecule has 2 amide bonds. The minimum absolute atomic E-state index is 0.0721. The SMILES string of the molecule is CC(C)c1cccc(C(C)C)c1NC(=O)N(CCCCc1ccccc1)C1CCC(c2ccccc2)CC1. The maximum Gasteiger partial charge on any atom is 0.322 e. The van der Waals surface area contributed by atoms with Crippen molar-refractivity contribution in [1.82, 2.24) is 4.90 Å². The zero-order valence-electron chi connectivity index (χ0n) is 23.8. The fraction of sp³-hybridized carbons (Fsp3) is 0.457. The van der Waals surface area contributed by atoms with Crippen molar-refractivity contribution in [3.8, 4) is 0 Å². The highest BCUT2D eigenvalue weighted by molar-refractivity contribution is 5.91. The zero-order valence-corrected chi connectivity index (χ0v) is 23.8. The monoisotopic (exact) mass is 510 g/mol. The van der Waals surface area contributed by atoms with Gasteiger partial charge < -0.3 is 10.2 Å². The van der Waals surface area contributed by atoms with E-state index in [1.165, 1.54) is 22.3 Å². The van der Waals surface area contributed by atoms with Crippen LogP contribution in [-0.2, 0) is 6.42 Å². The van der Waals surface area contributed by atoms with Crippen LogP contribution in [0.3, 0.4) is 0 Å². The lowest BCUT2D eigenvalue weighted by atomic mass is 9.81. The Hall–Kier alpha value is -3.07. The van der Waals surface area contributed by atoms with Crippen LogP contribution in [0.4, 0.5) is 10.5 Å². The summed E-state index contributed by atoms with van der Waals surface area (Å²) in [5.41, 5.74) is 6.29. The van der Waals surface area contributed by atoms with Gasteiger partial charge in [-0.15, -0.1) is 0 Å². The molecule has 1 N–H and O–H groups in total. The molecule has 0 saturated heterocycles. The normalized spacial score (nSPS) is 17.5. The van der Waals surface area contributed by atoms with Crippen molar-refractivity contribution in [2.45, 2.75) is 96.4 Å². The topological polar surface area (TPSA) is 32.3 Å². The Morgan fingerprint density at radius 1 is 0.763 bits per heavy atom. The summed E-state index contributed by atoms with van der Waals surface area (Å²) in [6.45, 7) is 9.64. The van der Waals surface area contributed by atoms with E-state index in [1.54, 1.807) is 0 Å². The first-order valence-electron chi connectivity index (χ1n) is 14.7. The summed E-state index contributed by atoms with van der Waals surface area (Å²) in [6.07, 6.45) is 7.58. The number of aryl methyl sites for hydroxylation is 1. The van der Waals surface area contributed by atoms with E-state index >= 15 is 0 Å². The minimum Gasteiger partial charge on any atom is -0.322 e. The average Bonchev–Trinajstić information content (AvgIpc) is 2.94. The van der Waals surface area contributed by atoms with Gasteiger partial charge in [0, 0.05) is 18.3 Å². The van der Waals surface area contributed by atoms with E-state index < -0.39 is 0 Å². The Bertz CT molecular complexity index is 1100. The van der Waals surface area contributed by atoms with Gasteiger partial charge in [0.05, 0.1) is 0 Å². The van der Waals surface area contributed by atoms with Crippen LogP contribution >= 0.6 is 0 Å². The number of hydrogen-bond donors (Lipinski definition) is 1. The van der Waals surface area contributed by atoms with Gasteiger partial charge in [0.15, 0.2) is 0 Å². The lowest BCUT2D eigenvalue weighted by Crippen LogP contribution is -2.45. The Kier molecular flexibility index (Phi) is 10.0. The number of nitrogens with zero attached hydrogens (tertiary/aromatic N) is 1. The summed E-state index contributed by atoms with van der Waals surface area (Å²) < 4.78 is 0. The first-order chi connectivity index (χ1) is 18.4. The smallest absolute Gasteiger partial charge is 0.322 e. The lowest BCUT2D eigenvalue weighted by Gasteiger charge is -2.37. The summed E-state index contributed by atoms with van der Waals surface area (Å²) in [6, 6.07) is 28.4. The fourth-order valence-corrected chi connectivity index (χ4v) is 6.03. The molecule has 0 radical (unpaired) electrons. The van der Waals surface area contributed by atoms with E-state index in [4.69, 9.17) is 0 Å². The van der Waals surface area contributed by atoms with Crippen LogP contribution in [0, 0.1) is 0 Å². The molecule has 0 aromatic heterocycles. The van der Waals surface area contributed by atoms with Gasteiger partial charge in [0.25, 0.3) is 0 Å². The number of anilines is 1. The van der Waals surface area contributed by atoms with Gasteiger partial charge in [-0.2, -0.15) is 0 Å². The molecule has 3 aromatic carbocycles. The first-order valence-corrected chi connectivity index (χ1v) is 14.7. The molecule has 4 rings (SSSR count). The number of benzene rings is 3. The molecule has 0 bridgehead atoms. The fourth-order valence-electron chi connectivity index (χ4n) is 6.03. The summed E-state index contributed by atoms with van der Waals surface area (Å²) in [7, 11) is 0. The largest absolute Gasteiger partial charge is 0.322 e. The quantitative estimate of drug-likeness (QED) is 0.271. The third-order valence-corrected chi connectivity index (χ3v) is 8.23. The van der Waals surface area contributed by atoms with Gasteiger partial charge in [-0.25, -0.2) is 4.79 Å². The number of hydrogen-bond acceptors (Lipinski definition) is 1. The number of amides is 2. The van der Waals surface area contributed by atoms with Crippen molar-refractivity contribution in [2.24, 2.45) is 0 Å². The molecule has 1 saturated carbocycles. The summed E-state index contributed by atoms with van der Waals surface area (Å²) in [4.78, 5) is 16.2. The van der Waals surface area contributed by atoms with Gasteiger partial charge in [-0.05, 0) is 85.0 Å². The van der Waals surface area contributed by atoms with Gasteiger partial charge >= 0.3 is 6.03 Å². The van der Waals surface area contributed by atoms with E-state index in [1.807, 2.05) is 0 Å². The molecule has 0 atom stereocenters. The van der Waals surface area contributed by atoms with Gasteiger partial charge in [-0.1, -0.05) is 107 Å². The van der Waals surface area contributed by atoms with Crippen molar-refractivity contribution in [1.29, 1.82) is 0 Å². The molecule has 202 valence electrons. The molecule has 1 fully saturated rings. The van der Waals surface area contributed by atoms with Crippen LogP contribution in [0.5, 0.6) is 0 Å². The van der Waals surface area contributed by atoms with Gasteiger partial charge in [0.2, 0.25) is 0 Å². The molecular weight excluding hydrogens is 464 g/mol. The Morgan fingerprint density at radius 2 is 1.34 bits per heavy atom. The second kappa shape index (κ2) is 13.6. The van der Waals surface area contributed by atoms with Gasteiger partial charge in [0.1, 0.15) is 0 Å². The van der Waals surface area contributed by atoms with Gasteiger partial charge in [-0.3, -0.25) is 0 Å². The molecule has 0 unspecified atom stereocenters. The van der Waals surface area contributed by atoms with Crippen molar-refractivity contribution in [2.75, 3.05) is 11.9 Å². The van der Waals surface area contributed by atoms with Crippen LogP contribution in [-0.4, -0.2) is 23.5 Å². The summed E-state index contributed by atoms with van der Waals surface area (Å²) in [5.74, 6) is 1.30. The first kappa shape index (κ1) is 28.0. The van der Waals surface area contributed by atoms with Crippen LogP contribution in [0.25, 0.3) is 0 Å². The van der Waals surface area contributed by atoms with E-state index in [0.29, 0.717) is 23.8 Å². The maximum atomic E-state index is 14.0. The average molecular weight is 511 g/mol. The third kappa shape index (κ3) is 7.28. The highest BCUT2D eigenvalue weighted by atomic mass is 16.2. The number of carbonyl (C=O) groups excluding carboxylic acids is 1. The molecule has 0 aliphatic heterocycles. The molecule has 38 heavy (non-hydrogen) atoms. The Morgan fingerprint density at radius 3 is 1.92 bits per heavy atom. The van der Waals surface area contributed by atoms with Crippen molar-refractivity contribution in [3.05, 3.63) is 101 Å². The number of para-hydroxylation sites is 1. The standard InChI is InChI=1S/C35H46N2O/c1-26(2)32-19-13-20-33(27(3)4)34(32)36-35(38)37(25-12-11-16-28-14-7-5-8-15-28)31-23-21-30(22-24-31)29-17-9-6-10-18-29/h5-10,13-15,17-20,26-27,30-31H,11-12,16,21-25H2,1-4H3,(H,36,38). The zero-order chi connectivity index (χ0) is 26.9. The number of carbonyl (C=O) groups is 1. The van der Waals surface area contributed by atoms with E-state index in [2.05, 4.69) is 117 Å². The lowest BCUT2D eigenvalue weighted by molar-refractivity contribution is 0.161. The summed E-state index contributed by atoms with van der Waals surface area (Å²) in [5, 5.41) is 3.43. The Labute approximate surface area is 230 Å². The van der Waals surface area contributed by atoms with E-state index in [-0.39, 0.29) is 6.03 Å². The number of unbranched alkanes of at least 4 members (excludes halogenated alkanes) is 1. The number of urea groups is 1. The third-order valence-electron chi connectivity index (χ3n) is 8.23. The molecule has 1 aliphatic carbocycles. The molecule has 3 nitrogen and oxygen atoms in total. The van der Waals surface area contributed by atoms with E-state index in [0.717, 1.165) is 57.2 Å². The second-order valence-electron chi connectivity index (χ2n) is 11.6. The predicted octanol–water partition coefficient (Wildman–Crippen LogP) is 9.52. The van der Waals surface area contributed by atoms with Crippen LogP contribution < -0.4 is 5.32 Å². The summed E-state index contributed by atoms with van der Waals surface area (Å²) >= 11 is 0. The molecule has 0 spiro atoms. The molecule has 3 heteroatoms. The number of nitrogens with one attached hydrogen (secondary N) is 1. The minimum atomic E-state index is 0.0721. The van der Waals surface area contributed by atoms with Crippen LogP contribution in [0.15, 0.2) is 78.9 Å². The van der Waals surface area contributed by atoms with Crippen LogP contribution in [0.1, 0.15) is 106 Å². The van der Waals surface area contributed by atoms with Crippen molar-refractivity contribution in [3.63, 3.8) is 0 Å². The highest BCUT2D eigenvalue weighted by Gasteiger charge is 2.30. The number of rotatable bonds is 10. The molecule has 1 aliphatic rings. The van der Waals surface area contributed by atoms with Crippen molar-refractivity contribution >= 4 is 11.7 Å². The maximum absolute atomic E-state index is 14.0. The van der Waals surface area contributed by atoms with Crippen LogP contribution in [0.2, 0.25) is 0 Å². The molecular formula is C35H46N2O. The highest BCUT2D eigenvalue weighted by Crippen LogP contribution is 2.36. The predicted molar refractivity (Wildman–Crippen MR) is 161 cm³/mol.